The first kappa shape index (κ1) is 19.9. The van der Waals surface area contributed by atoms with Crippen LogP contribution >= 0.6 is 0 Å². The summed E-state index contributed by atoms with van der Waals surface area (Å²) in [7, 11) is -3.37. The van der Waals surface area contributed by atoms with Crippen molar-refractivity contribution < 1.29 is 8.42 Å². The van der Waals surface area contributed by atoms with Gasteiger partial charge < -0.3 is 10.6 Å². The van der Waals surface area contributed by atoms with Crippen molar-refractivity contribution in [2.45, 2.75) is 20.0 Å². The van der Waals surface area contributed by atoms with E-state index >= 15 is 0 Å². The van der Waals surface area contributed by atoms with Gasteiger partial charge in [-0.1, -0.05) is 36.4 Å². The molecule has 0 aliphatic rings. The van der Waals surface area contributed by atoms with E-state index in [1.54, 1.807) is 6.20 Å². The maximum Gasteiger partial charge on any atom is 0.213 e. The third-order valence-electron chi connectivity index (χ3n) is 3.47. The van der Waals surface area contributed by atoms with Crippen molar-refractivity contribution >= 4 is 16.0 Å². The Balaban J connectivity index is 1.80. The van der Waals surface area contributed by atoms with Crippen molar-refractivity contribution in [3.8, 4) is 0 Å². The largest absolute Gasteiger partial charge is 0.357 e. The number of aliphatic imine (C=N–C) groups is 1. The van der Waals surface area contributed by atoms with Crippen molar-refractivity contribution in [3.05, 3.63) is 66.0 Å². The summed E-state index contributed by atoms with van der Waals surface area (Å²) in [6.45, 7) is 3.62. The molecule has 0 radical (unpaired) electrons. The number of nitrogens with one attached hydrogen (secondary N) is 3. The van der Waals surface area contributed by atoms with Crippen LogP contribution in [0.5, 0.6) is 0 Å². The van der Waals surface area contributed by atoms with Gasteiger partial charge in [0.1, 0.15) is 0 Å². The molecule has 2 rings (SSSR count). The first-order valence-electron chi connectivity index (χ1n) is 8.52. The molecule has 2 aromatic rings. The fraction of sp³-hybridized carbons (Fsp3) is 0.333. The number of nitrogens with zero attached hydrogens (tertiary/aromatic N) is 2. The van der Waals surface area contributed by atoms with Gasteiger partial charge in [0.15, 0.2) is 5.96 Å². The SMILES string of the molecule is CCNC(=NCc1ccccn1)NCCS(=O)(=O)NCc1ccccc1. The van der Waals surface area contributed by atoms with Gasteiger partial charge in [0.05, 0.1) is 18.0 Å². The molecule has 1 heterocycles. The van der Waals surface area contributed by atoms with Gasteiger partial charge in [0, 0.05) is 25.8 Å². The maximum atomic E-state index is 12.1. The molecule has 7 nitrogen and oxygen atoms in total. The number of hydrogen-bond acceptors (Lipinski definition) is 4. The minimum Gasteiger partial charge on any atom is -0.357 e. The Morgan fingerprint density at radius 1 is 1.08 bits per heavy atom. The molecule has 140 valence electrons. The number of pyridine rings is 1. The van der Waals surface area contributed by atoms with Gasteiger partial charge in [-0.05, 0) is 24.6 Å². The molecule has 26 heavy (non-hydrogen) atoms. The highest BCUT2D eigenvalue weighted by Gasteiger charge is 2.10. The van der Waals surface area contributed by atoms with Crippen molar-refractivity contribution in [2.24, 2.45) is 4.99 Å². The standard InChI is InChI=1S/C18H25N5O2S/c1-2-19-18(22-15-17-10-6-7-11-20-17)21-12-13-26(24,25)23-14-16-8-4-3-5-9-16/h3-11,23H,2,12-15H2,1H3,(H2,19,21,22). The van der Waals surface area contributed by atoms with Crippen molar-refractivity contribution in [1.29, 1.82) is 0 Å². The van der Waals surface area contributed by atoms with Gasteiger partial charge in [-0.25, -0.2) is 18.1 Å². The zero-order chi connectivity index (χ0) is 18.7. The zero-order valence-corrected chi connectivity index (χ0v) is 15.7. The molecule has 8 heteroatoms. The Morgan fingerprint density at radius 3 is 2.54 bits per heavy atom. The molecular weight excluding hydrogens is 350 g/mol. The van der Waals surface area contributed by atoms with E-state index < -0.39 is 10.0 Å². The van der Waals surface area contributed by atoms with Crippen LogP contribution in [0.15, 0.2) is 59.7 Å². The van der Waals surface area contributed by atoms with E-state index in [1.807, 2.05) is 55.5 Å². The molecule has 1 aromatic heterocycles. The van der Waals surface area contributed by atoms with Crippen LogP contribution in [0, 0.1) is 0 Å². The minimum absolute atomic E-state index is 0.0339. The summed E-state index contributed by atoms with van der Waals surface area (Å²) in [5.41, 5.74) is 1.77. The molecule has 0 fully saturated rings. The van der Waals surface area contributed by atoms with Crippen LogP contribution in [0.3, 0.4) is 0 Å². The van der Waals surface area contributed by atoms with E-state index in [9.17, 15) is 8.42 Å². The number of aromatic nitrogens is 1. The highest BCUT2D eigenvalue weighted by Crippen LogP contribution is 1.99. The first-order chi connectivity index (χ1) is 12.6. The normalized spacial score (nSPS) is 12.0. The summed E-state index contributed by atoms with van der Waals surface area (Å²) in [4.78, 5) is 8.63. The highest BCUT2D eigenvalue weighted by atomic mass is 32.2. The summed E-state index contributed by atoms with van der Waals surface area (Å²) in [6.07, 6.45) is 1.72. The molecule has 0 bridgehead atoms. The smallest absolute Gasteiger partial charge is 0.213 e. The summed E-state index contributed by atoms with van der Waals surface area (Å²) in [6, 6.07) is 15.1. The average Bonchev–Trinajstić information content (AvgIpc) is 2.66. The summed E-state index contributed by atoms with van der Waals surface area (Å²) in [5.74, 6) is 0.532. The van der Waals surface area contributed by atoms with Crippen LogP contribution in [0.25, 0.3) is 0 Å². The maximum absolute atomic E-state index is 12.1. The molecule has 1 aromatic carbocycles. The van der Waals surface area contributed by atoms with E-state index in [2.05, 4.69) is 25.3 Å². The molecule has 0 saturated heterocycles. The van der Waals surface area contributed by atoms with Gasteiger partial charge in [-0.15, -0.1) is 0 Å². The molecule has 3 N–H and O–H groups in total. The molecule has 0 saturated carbocycles. The quantitative estimate of drug-likeness (QED) is 0.453. The lowest BCUT2D eigenvalue weighted by atomic mass is 10.2. The van der Waals surface area contributed by atoms with E-state index in [-0.39, 0.29) is 18.8 Å². The number of rotatable bonds is 9. The van der Waals surface area contributed by atoms with Crippen LogP contribution in [-0.4, -0.2) is 38.2 Å². The fourth-order valence-electron chi connectivity index (χ4n) is 2.16. The molecule has 0 unspecified atom stereocenters. The van der Waals surface area contributed by atoms with Gasteiger partial charge in [-0.2, -0.15) is 0 Å². The van der Waals surface area contributed by atoms with E-state index in [0.29, 0.717) is 19.0 Å². The Bertz CT molecular complexity index is 780. The Labute approximate surface area is 155 Å². The Hall–Kier alpha value is -2.45. The summed E-state index contributed by atoms with van der Waals surface area (Å²) < 4.78 is 26.8. The Kier molecular flexibility index (Phi) is 8.04. The van der Waals surface area contributed by atoms with Gasteiger partial charge in [-0.3, -0.25) is 4.98 Å². The first-order valence-corrected chi connectivity index (χ1v) is 10.2. The van der Waals surface area contributed by atoms with Gasteiger partial charge in [0.25, 0.3) is 0 Å². The van der Waals surface area contributed by atoms with Gasteiger partial charge >= 0.3 is 0 Å². The van der Waals surface area contributed by atoms with E-state index in [4.69, 9.17) is 0 Å². The number of benzene rings is 1. The van der Waals surface area contributed by atoms with Crippen LogP contribution in [-0.2, 0) is 23.1 Å². The third-order valence-corrected chi connectivity index (χ3v) is 4.80. The predicted octanol–water partition coefficient (Wildman–Crippen LogP) is 1.26. The van der Waals surface area contributed by atoms with Crippen molar-refractivity contribution in [2.75, 3.05) is 18.8 Å². The number of guanidine groups is 1. The average molecular weight is 375 g/mol. The highest BCUT2D eigenvalue weighted by molar-refractivity contribution is 7.89. The lowest BCUT2D eigenvalue weighted by Crippen LogP contribution is -2.41. The lowest BCUT2D eigenvalue weighted by molar-refractivity contribution is 0.580. The molecule has 0 aliphatic heterocycles. The minimum atomic E-state index is -3.37. The number of hydrogen-bond donors (Lipinski definition) is 3. The topological polar surface area (TPSA) is 95.5 Å². The molecule has 0 atom stereocenters. The van der Waals surface area contributed by atoms with Gasteiger partial charge in [0.2, 0.25) is 10.0 Å². The lowest BCUT2D eigenvalue weighted by Gasteiger charge is -2.12. The van der Waals surface area contributed by atoms with Crippen molar-refractivity contribution in [1.82, 2.24) is 20.3 Å². The zero-order valence-electron chi connectivity index (χ0n) is 14.9. The molecule has 0 aliphatic carbocycles. The second-order valence-electron chi connectivity index (χ2n) is 5.57. The van der Waals surface area contributed by atoms with Crippen LogP contribution in [0.2, 0.25) is 0 Å². The molecule has 0 spiro atoms. The second-order valence-corrected chi connectivity index (χ2v) is 7.50. The van der Waals surface area contributed by atoms with Crippen LogP contribution in [0.4, 0.5) is 0 Å². The van der Waals surface area contributed by atoms with Crippen LogP contribution in [0.1, 0.15) is 18.2 Å². The monoisotopic (exact) mass is 375 g/mol. The van der Waals surface area contributed by atoms with Crippen molar-refractivity contribution in [3.63, 3.8) is 0 Å². The Morgan fingerprint density at radius 2 is 1.85 bits per heavy atom. The van der Waals surface area contributed by atoms with E-state index in [1.165, 1.54) is 0 Å². The van der Waals surface area contributed by atoms with E-state index in [0.717, 1.165) is 11.3 Å². The fourth-order valence-corrected chi connectivity index (χ4v) is 3.06. The predicted molar refractivity (Wildman–Crippen MR) is 104 cm³/mol. The summed E-state index contributed by atoms with van der Waals surface area (Å²) in [5, 5.41) is 6.13. The molecule has 0 amide bonds. The second kappa shape index (κ2) is 10.5. The summed E-state index contributed by atoms with van der Waals surface area (Å²) >= 11 is 0. The number of sulfonamides is 1. The van der Waals surface area contributed by atoms with Crippen LogP contribution < -0.4 is 15.4 Å². The molecular formula is C18H25N5O2S. The third kappa shape index (κ3) is 7.62.